The fraction of sp³-hybridized carbons (Fsp3) is 0.857. The Balaban J connectivity index is 1.51. The Bertz CT molecular complexity index is 393. The summed E-state index contributed by atoms with van der Waals surface area (Å²) in [5.41, 5.74) is 5.94. The van der Waals surface area contributed by atoms with Crippen LogP contribution in [0.25, 0.3) is 0 Å². The van der Waals surface area contributed by atoms with Crippen molar-refractivity contribution in [2.75, 3.05) is 32.7 Å². The van der Waals surface area contributed by atoms with Gasteiger partial charge in [-0.1, -0.05) is 0 Å². The number of nitrogens with one attached hydrogen (secondary N) is 1. The minimum atomic E-state index is -0.143. The van der Waals surface area contributed by atoms with Gasteiger partial charge in [0.05, 0.1) is 5.92 Å². The van der Waals surface area contributed by atoms with Gasteiger partial charge in [-0.15, -0.1) is 0 Å². The van der Waals surface area contributed by atoms with Crippen LogP contribution >= 0.6 is 0 Å². The number of nitrogens with zero attached hydrogens (tertiary/aromatic N) is 2. The normalized spacial score (nSPS) is 32.6. The molecule has 0 radical (unpaired) electrons. The molecule has 2 unspecified atom stereocenters. The minimum Gasteiger partial charge on any atom is -0.355 e. The van der Waals surface area contributed by atoms with Gasteiger partial charge in [0.2, 0.25) is 11.8 Å². The maximum absolute atomic E-state index is 12.4. The fourth-order valence-corrected chi connectivity index (χ4v) is 3.56. The summed E-state index contributed by atoms with van der Waals surface area (Å²) in [7, 11) is 0. The first-order valence-electron chi connectivity index (χ1n) is 7.68. The standard InChI is InChI=1S/C14H24N4O2/c15-11-1-4-17(5-2-11)12-3-6-18(9-12)14(20)10-7-13(19)16-8-10/h10-12H,1-9,15H2,(H,16,19). The zero-order valence-corrected chi connectivity index (χ0v) is 11.9. The summed E-state index contributed by atoms with van der Waals surface area (Å²) >= 11 is 0. The molecule has 2 amide bonds. The maximum Gasteiger partial charge on any atom is 0.228 e. The molecular formula is C14H24N4O2. The number of likely N-dealkylation sites (tertiary alicyclic amines) is 2. The highest BCUT2D eigenvalue weighted by Gasteiger charge is 2.36. The lowest BCUT2D eigenvalue weighted by molar-refractivity contribution is -0.135. The quantitative estimate of drug-likeness (QED) is 0.690. The number of piperidine rings is 1. The molecule has 0 saturated carbocycles. The van der Waals surface area contributed by atoms with Crippen molar-refractivity contribution in [3.05, 3.63) is 0 Å². The molecule has 0 spiro atoms. The highest BCUT2D eigenvalue weighted by molar-refractivity contribution is 5.89. The molecule has 112 valence electrons. The van der Waals surface area contributed by atoms with E-state index in [1.54, 1.807) is 0 Å². The molecule has 0 aromatic carbocycles. The van der Waals surface area contributed by atoms with Crippen molar-refractivity contribution in [1.29, 1.82) is 0 Å². The summed E-state index contributed by atoms with van der Waals surface area (Å²) < 4.78 is 0. The van der Waals surface area contributed by atoms with E-state index in [-0.39, 0.29) is 17.7 Å². The van der Waals surface area contributed by atoms with E-state index in [0.717, 1.165) is 45.4 Å². The molecule has 3 aliphatic rings. The number of rotatable bonds is 2. The zero-order valence-electron chi connectivity index (χ0n) is 11.9. The molecule has 3 rings (SSSR count). The first-order valence-corrected chi connectivity index (χ1v) is 7.68. The molecule has 3 saturated heterocycles. The molecule has 0 bridgehead atoms. The maximum atomic E-state index is 12.4. The lowest BCUT2D eigenvalue weighted by atomic mass is 10.0. The molecule has 0 aliphatic carbocycles. The van der Waals surface area contributed by atoms with E-state index < -0.39 is 0 Å². The van der Waals surface area contributed by atoms with E-state index in [9.17, 15) is 9.59 Å². The van der Waals surface area contributed by atoms with Gasteiger partial charge in [-0.3, -0.25) is 14.5 Å². The minimum absolute atomic E-state index is 0.00381. The van der Waals surface area contributed by atoms with E-state index in [1.165, 1.54) is 0 Å². The number of carbonyl (C=O) groups is 2. The SMILES string of the molecule is NC1CCN(C2CCN(C(=O)C3CNC(=O)C3)C2)CC1. The molecule has 2 atom stereocenters. The third-order valence-corrected chi connectivity index (χ3v) is 4.89. The van der Waals surface area contributed by atoms with Crippen LogP contribution in [0, 0.1) is 5.92 Å². The second kappa shape index (κ2) is 5.69. The predicted molar refractivity (Wildman–Crippen MR) is 74.9 cm³/mol. The van der Waals surface area contributed by atoms with Crippen LogP contribution in [0.5, 0.6) is 0 Å². The van der Waals surface area contributed by atoms with Crippen molar-refractivity contribution in [2.24, 2.45) is 11.7 Å². The summed E-state index contributed by atoms with van der Waals surface area (Å²) in [6.07, 6.45) is 3.53. The molecule has 3 aliphatic heterocycles. The van der Waals surface area contributed by atoms with E-state index >= 15 is 0 Å². The summed E-state index contributed by atoms with van der Waals surface area (Å²) in [5, 5.41) is 2.74. The Morgan fingerprint density at radius 1 is 1.20 bits per heavy atom. The Kier molecular flexibility index (Phi) is 3.94. The Hall–Kier alpha value is -1.14. The van der Waals surface area contributed by atoms with Crippen LogP contribution < -0.4 is 11.1 Å². The summed E-state index contributed by atoms with van der Waals surface area (Å²) in [4.78, 5) is 28.0. The molecule has 3 heterocycles. The van der Waals surface area contributed by atoms with Gasteiger partial charge < -0.3 is 16.0 Å². The van der Waals surface area contributed by atoms with Gasteiger partial charge >= 0.3 is 0 Å². The van der Waals surface area contributed by atoms with E-state index in [4.69, 9.17) is 5.73 Å². The second-order valence-corrected chi connectivity index (χ2v) is 6.31. The van der Waals surface area contributed by atoms with Gasteiger partial charge in [0.1, 0.15) is 0 Å². The van der Waals surface area contributed by atoms with E-state index in [2.05, 4.69) is 10.2 Å². The zero-order chi connectivity index (χ0) is 14.1. The molecule has 6 heteroatoms. The number of hydrogen-bond donors (Lipinski definition) is 2. The van der Waals surface area contributed by atoms with Crippen LogP contribution in [-0.4, -0.2) is 66.4 Å². The first-order chi connectivity index (χ1) is 9.63. The van der Waals surface area contributed by atoms with Crippen molar-refractivity contribution in [3.63, 3.8) is 0 Å². The number of carbonyl (C=O) groups excluding carboxylic acids is 2. The van der Waals surface area contributed by atoms with E-state index in [1.807, 2.05) is 4.90 Å². The second-order valence-electron chi connectivity index (χ2n) is 6.31. The molecule has 6 nitrogen and oxygen atoms in total. The number of amides is 2. The average Bonchev–Trinajstić information content (AvgIpc) is 3.08. The van der Waals surface area contributed by atoms with Crippen LogP contribution in [0.4, 0.5) is 0 Å². The lowest BCUT2D eigenvalue weighted by Gasteiger charge is -2.34. The van der Waals surface area contributed by atoms with Gasteiger partial charge in [0.25, 0.3) is 0 Å². The Morgan fingerprint density at radius 3 is 2.60 bits per heavy atom. The van der Waals surface area contributed by atoms with Crippen molar-refractivity contribution in [3.8, 4) is 0 Å². The van der Waals surface area contributed by atoms with Crippen molar-refractivity contribution in [2.45, 2.75) is 37.8 Å². The first kappa shape index (κ1) is 13.8. The molecule has 0 aromatic heterocycles. The van der Waals surface area contributed by atoms with E-state index in [0.29, 0.717) is 25.0 Å². The fourth-order valence-electron chi connectivity index (χ4n) is 3.56. The van der Waals surface area contributed by atoms with Crippen LogP contribution in [0.3, 0.4) is 0 Å². The summed E-state index contributed by atoms with van der Waals surface area (Å²) in [6, 6.07) is 0.831. The summed E-state index contributed by atoms with van der Waals surface area (Å²) in [6.45, 7) is 4.27. The van der Waals surface area contributed by atoms with Crippen LogP contribution in [0.2, 0.25) is 0 Å². The largest absolute Gasteiger partial charge is 0.355 e. The third kappa shape index (κ3) is 2.81. The van der Waals surface area contributed by atoms with Crippen molar-refractivity contribution >= 4 is 11.8 Å². The topological polar surface area (TPSA) is 78.7 Å². The average molecular weight is 280 g/mol. The van der Waals surface area contributed by atoms with Crippen molar-refractivity contribution < 1.29 is 9.59 Å². The lowest BCUT2D eigenvalue weighted by Crippen LogP contribution is -2.46. The van der Waals surface area contributed by atoms with Gasteiger partial charge in [-0.2, -0.15) is 0 Å². The predicted octanol–water partition coefficient (Wildman–Crippen LogP) is -0.853. The highest BCUT2D eigenvalue weighted by atomic mass is 16.2. The van der Waals surface area contributed by atoms with Crippen LogP contribution in [-0.2, 0) is 9.59 Å². The molecule has 3 N–H and O–H groups in total. The van der Waals surface area contributed by atoms with Crippen LogP contribution in [0.1, 0.15) is 25.7 Å². The number of nitrogens with two attached hydrogens (primary N) is 1. The molecule has 3 fully saturated rings. The van der Waals surface area contributed by atoms with Gasteiger partial charge in [-0.25, -0.2) is 0 Å². The monoisotopic (exact) mass is 280 g/mol. The summed E-state index contributed by atoms with van der Waals surface area (Å²) in [5.74, 6) is 0.0136. The van der Waals surface area contributed by atoms with Crippen molar-refractivity contribution in [1.82, 2.24) is 15.1 Å². The molecule has 20 heavy (non-hydrogen) atoms. The van der Waals surface area contributed by atoms with Gasteiger partial charge in [0, 0.05) is 38.1 Å². The van der Waals surface area contributed by atoms with Gasteiger partial charge in [0.15, 0.2) is 0 Å². The number of hydrogen-bond acceptors (Lipinski definition) is 4. The molecular weight excluding hydrogens is 256 g/mol. The molecule has 0 aromatic rings. The smallest absolute Gasteiger partial charge is 0.228 e. The van der Waals surface area contributed by atoms with Crippen LogP contribution in [0.15, 0.2) is 0 Å². The third-order valence-electron chi connectivity index (χ3n) is 4.89. The van der Waals surface area contributed by atoms with Gasteiger partial charge in [-0.05, 0) is 32.4 Å². The highest BCUT2D eigenvalue weighted by Crippen LogP contribution is 2.22. The Morgan fingerprint density at radius 2 is 1.95 bits per heavy atom. The Labute approximate surface area is 119 Å².